The van der Waals surface area contributed by atoms with Gasteiger partial charge in [0.1, 0.15) is 6.10 Å². The highest BCUT2D eigenvalue weighted by Gasteiger charge is 2.12. The molecule has 0 heterocycles. The number of unbranched alkanes of at least 4 members (excludes halogenated alkanes) is 10. The fourth-order valence-electron chi connectivity index (χ4n) is 4.29. The molecule has 2 aromatic rings. The lowest BCUT2D eigenvalue weighted by atomic mass is 10.00. The van der Waals surface area contributed by atoms with E-state index in [1.807, 2.05) is 31.2 Å². The van der Waals surface area contributed by atoms with E-state index in [9.17, 15) is 4.79 Å². The minimum Gasteiger partial charge on any atom is -0.457 e. The SMILES string of the molecule is CCCCCCCCCc1ccc(-c2ccc(C(=O)OC(C)COCCCCCCC)cc2)cc1. The molecule has 0 saturated carbocycles. The van der Waals surface area contributed by atoms with Gasteiger partial charge in [-0.25, -0.2) is 4.79 Å². The molecule has 0 amide bonds. The number of carbonyl (C=O) groups excluding carboxylic acids is 1. The van der Waals surface area contributed by atoms with E-state index in [1.54, 1.807) is 0 Å². The average molecular weight is 481 g/mol. The monoisotopic (exact) mass is 480 g/mol. The highest BCUT2D eigenvalue weighted by atomic mass is 16.6. The summed E-state index contributed by atoms with van der Waals surface area (Å²) in [7, 11) is 0. The van der Waals surface area contributed by atoms with Gasteiger partial charge in [-0.2, -0.15) is 0 Å². The molecule has 0 saturated heterocycles. The molecule has 0 aliphatic heterocycles. The molecule has 0 N–H and O–H groups in total. The normalized spacial score (nSPS) is 12.0. The minimum absolute atomic E-state index is 0.248. The second kappa shape index (κ2) is 18.2. The van der Waals surface area contributed by atoms with Crippen molar-refractivity contribution in [1.29, 1.82) is 0 Å². The lowest BCUT2D eigenvalue weighted by Crippen LogP contribution is -2.20. The number of ether oxygens (including phenoxy) is 2. The van der Waals surface area contributed by atoms with Crippen molar-refractivity contribution in [2.45, 2.75) is 110 Å². The maximum Gasteiger partial charge on any atom is 0.338 e. The van der Waals surface area contributed by atoms with Crippen LogP contribution in [-0.4, -0.2) is 25.3 Å². The van der Waals surface area contributed by atoms with E-state index in [4.69, 9.17) is 9.47 Å². The van der Waals surface area contributed by atoms with Gasteiger partial charge in [0.05, 0.1) is 12.2 Å². The predicted molar refractivity (Wildman–Crippen MR) is 148 cm³/mol. The van der Waals surface area contributed by atoms with Crippen LogP contribution in [0.1, 0.15) is 114 Å². The molecule has 0 bridgehead atoms. The van der Waals surface area contributed by atoms with E-state index in [-0.39, 0.29) is 12.1 Å². The quantitative estimate of drug-likeness (QED) is 0.148. The molecular formula is C32H48O3. The number of rotatable bonds is 19. The molecule has 2 rings (SSSR count). The third kappa shape index (κ3) is 12.4. The summed E-state index contributed by atoms with van der Waals surface area (Å²) in [6, 6.07) is 16.5. The van der Waals surface area contributed by atoms with Crippen molar-refractivity contribution in [3.8, 4) is 11.1 Å². The molecule has 35 heavy (non-hydrogen) atoms. The first-order chi connectivity index (χ1) is 17.1. The van der Waals surface area contributed by atoms with Crippen molar-refractivity contribution in [3.63, 3.8) is 0 Å². The van der Waals surface area contributed by atoms with Gasteiger partial charge in [-0.05, 0) is 55.0 Å². The second-order valence-electron chi connectivity index (χ2n) is 9.85. The van der Waals surface area contributed by atoms with Crippen molar-refractivity contribution in [3.05, 3.63) is 59.7 Å². The number of carbonyl (C=O) groups is 1. The average Bonchev–Trinajstić information content (AvgIpc) is 2.88. The highest BCUT2D eigenvalue weighted by Crippen LogP contribution is 2.22. The van der Waals surface area contributed by atoms with Gasteiger partial charge >= 0.3 is 5.97 Å². The van der Waals surface area contributed by atoms with Gasteiger partial charge < -0.3 is 9.47 Å². The molecule has 0 radical (unpaired) electrons. The summed E-state index contributed by atoms with van der Waals surface area (Å²) < 4.78 is 11.2. The Labute approximate surface area is 214 Å². The number of esters is 1. The van der Waals surface area contributed by atoms with Crippen LogP contribution in [0.15, 0.2) is 48.5 Å². The standard InChI is InChI=1S/C32H48O3/c1-4-6-8-10-11-12-14-16-28-17-19-29(20-18-28)30-21-23-31(24-22-30)32(33)35-27(3)26-34-25-15-13-9-7-5-2/h17-24,27H,4-16,25-26H2,1-3H3. The lowest BCUT2D eigenvalue weighted by Gasteiger charge is -2.14. The Balaban J connectivity index is 1.69. The van der Waals surface area contributed by atoms with E-state index in [0.717, 1.165) is 25.0 Å². The third-order valence-corrected chi connectivity index (χ3v) is 6.53. The molecule has 3 heteroatoms. The molecular weight excluding hydrogens is 432 g/mol. The first-order valence-electron chi connectivity index (χ1n) is 14.1. The van der Waals surface area contributed by atoms with Gasteiger partial charge in [0.2, 0.25) is 0 Å². The van der Waals surface area contributed by atoms with Gasteiger partial charge in [0.15, 0.2) is 0 Å². The molecule has 1 unspecified atom stereocenters. The summed E-state index contributed by atoms with van der Waals surface area (Å²) in [5.74, 6) is -0.291. The van der Waals surface area contributed by atoms with Crippen molar-refractivity contribution < 1.29 is 14.3 Å². The van der Waals surface area contributed by atoms with Crippen LogP contribution < -0.4 is 0 Å². The maximum atomic E-state index is 12.5. The van der Waals surface area contributed by atoms with Crippen LogP contribution in [0.4, 0.5) is 0 Å². The predicted octanol–water partition coefficient (Wildman–Crippen LogP) is 9.18. The number of benzene rings is 2. The van der Waals surface area contributed by atoms with Crippen molar-refractivity contribution in [2.75, 3.05) is 13.2 Å². The van der Waals surface area contributed by atoms with Crippen molar-refractivity contribution >= 4 is 5.97 Å². The van der Waals surface area contributed by atoms with Crippen LogP contribution in [0.25, 0.3) is 11.1 Å². The fourth-order valence-corrected chi connectivity index (χ4v) is 4.29. The summed E-state index contributed by atoms with van der Waals surface area (Å²) in [6.07, 6.45) is 16.4. The zero-order chi connectivity index (χ0) is 25.1. The van der Waals surface area contributed by atoms with Crippen LogP contribution in [0, 0.1) is 0 Å². The molecule has 0 aliphatic rings. The number of hydrogen-bond donors (Lipinski definition) is 0. The fraction of sp³-hybridized carbons (Fsp3) is 0.594. The van der Waals surface area contributed by atoms with Crippen LogP contribution in [0.2, 0.25) is 0 Å². The molecule has 0 fully saturated rings. The number of hydrogen-bond acceptors (Lipinski definition) is 3. The van der Waals surface area contributed by atoms with Gasteiger partial charge in [-0.1, -0.05) is 114 Å². The highest BCUT2D eigenvalue weighted by molar-refractivity contribution is 5.90. The Kier molecular flexibility index (Phi) is 15.1. The maximum absolute atomic E-state index is 12.5. The zero-order valence-electron chi connectivity index (χ0n) is 22.5. The Bertz CT molecular complexity index is 795. The molecule has 0 aromatic heterocycles. The first-order valence-corrected chi connectivity index (χ1v) is 14.1. The second-order valence-corrected chi connectivity index (χ2v) is 9.85. The van der Waals surface area contributed by atoms with E-state index in [2.05, 4.69) is 38.1 Å². The molecule has 2 aromatic carbocycles. The van der Waals surface area contributed by atoms with E-state index >= 15 is 0 Å². The molecule has 3 nitrogen and oxygen atoms in total. The number of aryl methyl sites for hydroxylation is 1. The largest absolute Gasteiger partial charge is 0.457 e. The van der Waals surface area contributed by atoms with Crippen LogP contribution in [-0.2, 0) is 15.9 Å². The van der Waals surface area contributed by atoms with E-state index < -0.39 is 0 Å². The Morgan fingerprint density at radius 3 is 1.80 bits per heavy atom. The summed E-state index contributed by atoms with van der Waals surface area (Å²) in [5.41, 5.74) is 4.27. The molecule has 0 spiro atoms. The molecule has 0 aliphatic carbocycles. The van der Waals surface area contributed by atoms with E-state index in [0.29, 0.717) is 12.2 Å². The summed E-state index contributed by atoms with van der Waals surface area (Å²) in [4.78, 5) is 12.5. The minimum atomic E-state index is -0.291. The van der Waals surface area contributed by atoms with Crippen LogP contribution >= 0.6 is 0 Å². The van der Waals surface area contributed by atoms with Gasteiger partial charge in [-0.15, -0.1) is 0 Å². The van der Waals surface area contributed by atoms with E-state index in [1.165, 1.54) is 81.8 Å². The van der Waals surface area contributed by atoms with Crippen LogP contribution in [0.5, 0.6) is 0 Å². The van der Waals surface area contributed by atoms with Crippen molar-refractivity contribution in [1.82, 2.24) is 0 Å². The lowest BCUT2D eigenvalue weighted by molar-refractivity contribution is 0.00152. The van der Waals surface area contributed by atoms with Crippen LogP contribution in [0.3, 0.4) is 0 Å². The summed E-state index contributed by atoms with van der Waals surface area (Å²) in [6.45, 7) is 7.55. The molecule has 194 valence electrons. The summed E-state index contributed by atoms with van der Waals surface area (Å²) in [5, 5.41) is 0. The molecule has 1 atom stereocenters. The van der Waals surface area contributed by atoms with Gasteiger partial charge in [0, 0.05) is 6.61 Å². The smallest absolute Gasteiger partial charge is 0.338 e. The van der Waals surface area contributed by atoms with Gasteiger partial charge in [0.25, 0.3) is 0 Å². The first kappa shape index (κ1) is 29.1. The van der Waals surface area contributed by atoms with Gasteiger partial charge in [-0.3, -0.25) is 0 Å². The Morgan fingerprint density at radius 2 is 1.20 bits per heavy atom. The Hall–Kier alpha value is -2.13. The zero-order valence-corrected chi connectivity index (χ0v) is 22.5. The third-order valence-electron chi connectivity index (χ3n) is 6.53. The van der Waals surface area contributed by atoms with Crippen molar-refractivity contribution in [2.24, 2.45) is 0 Å². The topological polar surface area (TPSA) is 35.5 Å². The Morgan fingerprint density at radius 1 is 0.686 bits per heavy atom. The summed E-state index contributed by atoms with van der Waals surface area (Å²) >= 11 is 0.